The van der Waals surface area contributed by atoms with Crippen LogP contribution in [-0.4, -0.2) is 31.8 Å². The third kappa shape index (κ3) is 6.71. The monoisotopic (exact) mass is 285 g/mol. The highest BCUT2D eigenvalue weighted by molar-refractivity contribution is 5.69. The lowest BCUT2D eigenvalue weighted by molar-refractivity contribution is -0.153. The second-order valence-corrected chi connectivity index (χ2v) is 5.91. The Hall–Kier alpha value is -0.610. The fraction of sp³-hybridized carbons (Fsp3) is 0.938. The zero-order valence-corrected chi connectivity index (χ0v) is 13.1. The second kappa shape index (κ2) is 10.2. The lowest BCUT2D eigenvalue weighted by atomic mass is 9.94. The van der Waals surface area contributed by atoms with Crippen LogP contribution in [0.2, 0.25) is 0 Å². The molecule has 1 aliphatic rings. The molecule has 0 aliphatic heterocycles. The van der Waals surface area contributed by atoms with Crippen molar-refractivity contribution in [2.45, 2.75) is 76.9 Å². The third-order valence-electron chi connectivity index (χ3n) is 4.24. The van der Waals surface area contributed by atoms with Crippen LogP contribution in [0.4, 0.5) is 0 Å². The molecule has 1 aliphatic carbocycles. The summed E-state index contributed by atoms with van der Waals surface area (Å²) in [4.78, 5) is 11.9. The maximum Gasteiger partial charge on any atom is 0.306 e. The molecule has 2 N–H and O–H groups in total. The van der Waals surface area contributed by atoms with Gasteiger partial charge in [0.15, 0.2) is 0 Å². The molecule has 4 heteroatoms. The SMILES string of the molecule is CCCC(CCN)CCC(=O)OC1CCCC(OC)C1. The van der Waals surface area contributed by atoms with E-state index in [9.17, 15) is 4.79 Å². The third-order valence-corrected chi connectivity index (χ3v) is 4.24. The first-order valence-electron chi connectivity index (χ1n) is 8.11. The number of ether oxygens (including phenoxy) is 2. The number of rotatable bonds is 9. The zero-order valence-electron chi connectivity index (χ0n) is 13.1. The minimum absolute atomic E-state index is 0.0510. The molecule has 0 amide bonds. The van der Waals surface area contributed by atoms with Gasteiger partial charge in [-0.05, 0) is 44.6 Å². The van der Waals surface area contributed by atoms with E-state index in [1.807, 2.05) is 0 Å². The molecule has 0 radical (unpaired) electrons. The minimum Gasteiger partial charge on any atom is -0.462 e. The lowest BCUT2D eigenvalue weighted by Gasteiger charge is -2.28. The van der Waals surface area contributed by atoms with Crippen molar-refractivity contribution in [3.63, 3.8) is 0 Å². The Morgan fingerprint density at radius 1 is 1.25 bits per heavy atom. The number of esters is 1. The van der Waals surface area contributed by atoms with Crippen LogP contribution < -0.4 is 5.73 Å². The van der Waals surface area contributed by atoms with Crippen molar-refractivity contribution in [3.8, 4) is 0 Å². The molecule has 0 saturated heterocycles. The highest BCUT2D eigenvalue weighted by Crippen LogP contribution is 2.24. The van der Waals surface area contributed by atoms with E-state index < -0.39 is 0 Å². The molecule has 0 aromatic heterocycles. The van der Waals surface area contributed by atoms with Crippen LogP contribution in [-0.2, 0) is 14.3 Å². The summed E-state index contributed by atoms with van der Waals surface area (Å²) in [5, 5.41) is 0. The smallest absolute Gasteiger partial charge is 0.306 e. The number of carbonyl (C=O) groups excluding carboxylic acids is 1. The molecular formula is C16H31NO3. The summed E-state index contributed by atoms with van der Waals surface area (Å²) in [7, 11) is 1.73. The number of hydrogen-bond donors (Lipinski definition) is 1. The average molecular weight is 285 g/mol. The standard InChI is InChI=1S/C16H31NO3/c1-3-5-13(10-11-17)8-9-16(18)20-15-7-4-6-14(12-15)19-2/h13-15H,3-12,17H2,1-2H3. The molecule has 3 atom stereocenters. The molecule has 4 nitrogen and oxygen atoms in total. The largest absolute Gasteiger partial charge is 0.462 e. The number of nitrogens with two attached hydrogens (primary N) is 1. The Labute approximate surface area is 123 Å². The molecule has 118 valence electrons. The summed E-state index contributed by atoms with van der Waals surface area (Å²) in [6.07, 6.45) is 9.06. The predicted molar refractivity (Wildman–Crippen MR) is 80.4 cm³/mol. The molecule has 3 unspecified atom stereocenters. The normalized spacial score (nSPS) is 24.4. The van der Waals surface area contributed by atoms with Crippen LogP contribution in [0.15, 0.2) is 0 Å². The van der Waals surface area contributed by atoms with Gasteiger partial charge in [-0.3, -0.25) is 4.79 Å². The van der Waals surface area contributed by atoms with Crippen LogP contribution in [0.5, 0.6) is 0 Å². The van der Waals surface area contributed by atoms with Gasteiger partial charge >= 0.3 is 5.97 Å². The Balaban J connectivity index is 2.24. The van der Waals surface area contributed by atoms with Gasteiger partial charge in [0, 0.05) is 20.0 Å². The van der Waals surface area contributed by atoms with Crippen molar-refractivity contribution in [1.29, 1.82) is 0 Å². The Kier molecular flexibility index (Phi) is 8.86. The molecule has 0 heterocycles. The number of carbonyl (C=O) groups is 1. The topological polar surface area (TPSA) is 61.6 Å². The summed E-state index contributed by atoms with van der Waals surface area (Å²) in [5.41, 5.74) is 5.62. The second-order valence-electron chi connectivity index (χ2n) is 5.91. The van der Waals surface area contributed by atoms with E-state index in [4.69, 9.17) is 15.2 Å². The van der Waals surface area contributed by atoms with Gasteiger partial charge in [-0.15, -0.1) is 0 Å². The molecule has 20 heavy (non-hydrogen) atoms. The highest BCUT2D eigenvalue weighted by atomic mass is 16.5. The first-order chi connectivity index (χ1) is 9.69. The van der Waals surface area contributed by atoms with Crippen LogP contribution in [0.1, 0.15) is 64.7 Å². The zero-order chi connectivity index (χ0) is 14.8. The van der Waals surface area contributed by atoms with Crippen LogP contribution in [0.3, 0.4) is 0 Å². The predicted octanol–water partition coefficient (Wildman–Crippen LogP) is 3.03. The first-order valence-corrected chi connectivity index (χ1v) is 8.11. The van der Waals surface area contributed by atoms with Gasteiger partial charge < -0.3 is 15.2 Å². The quantitative estimate of drug-likeness (QED) is 0.661. The Bertz CT molecular complexity index is 264. The fourth-order valence-electron chi connectivity index (χ4n) is 3.07. The van der Waals surface area contributed by atoms with Gasteiger partial charge in [-0.2, -0.15) is 0 Å². The summed E-state index contributed by atoms with van der Waals surface area (Å²) in [6.45, 7) is 2.88. The van der Waals surface area contributed by atoms with E-state index in [0.717, 1.165) is 51.4 Å². The van der Waals surface area contributed by atoms with Crippen molar-refractivity contribution >= 4 is 5.97 Å². The molecule has 0 aromatic carbocycles. The maximum atomic E-state index is 11.9. The van der Waals surface area contributed by atoms with Gasteiger partial charge in [-0.25, -0.2) is 0 Å². The van der Waals surface area contributed by atoms with E-state index in [-0.39, 0.29) is 18.2 Å². The van der Waals surface area contributed by atoms with Crippen molar-refractivity contribution in [2.24, 2.45) is 11.7 Å². The lowest BCUT2D eigenvalue weighted by Crippen LogP contribution is -2.29. The van der Waals surface area contributed by atoms with Gasteiger partial charge in [0.25, 0.3) is 0 Å². The van der Waals surface area contributed by atoms with Crippen LogP contribution >= 0.6 is 0 Å². The summed E-state index contributed by atoms with van der Waals surface area (Å²) in [5.74, 6) is 0.514. The van der Waals surface area contributed by atoms with Crippen molar-refractivity contribution < 1.29 is 14.3 Å². The van der Waals surface area contributed by atoms with Gasteiger partial charge in [0.2, 0.25) is 0 Å². The van der Waals surface area contributed by atoms with Crippen molar-refractivity contribution in [3.05, 3.63) is 0 Å². The number of hydrogen-bond acceptors (Lipinski definition) is 4. The first kappa shape index (κ1) is 17.4. The van der Waals surface area contributed by atoms with Crippen LogP contribution in [0.25, 0.3) is 0 Å². The maximum absolute atomic E-state index is 11.9. The Morgan fingerprint density at radius 2 is 2.00 bits per heavy atom. The van der Waals surface area contributed by atoms with E-state index in [2.05, 4.69) is 6.92 Å². The van der Waals surface area contributed by atoms with E-state index in [0.29, 0.717) is 18.9 Å². The van der Waals surface area contributed by atoms with Crippen LogP contribution in [0, 0.1) is 5.92 Å². The van der Waals surface area contributed by atoms with Gasteiger partial charge in [0.05, 0.1) is 6.10 Å². The Morgan fingerprint density at radius 3 is 2.65 bits per heavy atom. The summed E-state index contributed by atoms with van der Waals surface area (Å²) >= 11 is 0. The highest BCUT2D eigenvalue weighted by Gasteiger charge is 2.24. The average Bonchev–Trinajstić information content (AvgIpc) is 2.45. The molecular weight excluding hydrogens is 254 g/mol. The molecule has 1 fully saturated rings. The minimum atomic E-state index is -0.0510. The summed E-state index contributed by atoms with van der Waals surface area (Å²) in [6, 6.07) is 0. The van der Waals surface area contributed by atoms with Crippen molar-refractivity contribution in [1.82, 2.24) is 0 Å². The number of methoxy groups -OCH3 is 1. The molecule has 0 spiro atoms. The van der Waals surface area contributed by atoms with E-state index >= 15 is 0 Å². The molecule has 1 rings (SSSR count). The fourth-order valence-corrected chi connectivity index (χ4v) is 3.07. The molecule has 0 aromatic rings. The summed E-state index contributed by atoms with van der Waals surface area (Å²) < 4.78 is 10.9. The van der Waals surface area contributed by atoms with Gasteiger partial charge in [0.1, 0.15) is 6.10 Å². The van der Waals surface area contributed by atoms with Gasteiger partial charge in [-0.1, -0.05) is 19.8 Å². The molecule has 0 bridgehead atoms. The molecule has 1 saturated carbocycles. The van der Waals surface area contributed by atoms with Crippen molar-refractivity contribution in [2.75, 3.05) is 13.7 Å². The van der Waals surface area contributed by atoms with E-state index in [1.54, 1.807) is 7.11 Å². The van der Waals surface area contributed by atoms with E-state index in [1.165, 1.54) is 0 Å².